The molecule has 6 heteroatoms. The van der Waals surface area contributed by atoms with Crippen LogP contribution >= 0.6 is 11.6 Å². The minimum absolute atomic E-state index is 0.0842. The Bertz CT molecular complexity index is 576. The minimum atomic E-state index is -0.554. The van der Waals surface area contributed by atoms with Crippen molar-refractivity contribution < 1.29 is 9.53 Å². The highest BCUT2D eigenvalue weighted by molar-refractivity contribution is 6.30. The standard InChI is InChI=1S/C13H15ClN2O3/c1-13(2,3)19-12(18)15-6-4-5-9-7-10(14)8-16-11(9)17/h7-8H,6H2,1-3H3,(H,15,18)(H,16,17). The fraction of sp³-hybridized carbons (Fsp3) is 0.385. The van der Waals surface area contributed by atoms with Crippen LogP contribution in [0.4, 0.5) is 4.79 Å². The number of hydrogen-bond donors (Lipinski definition) is 2. The van der Waals surface area contributed by atoms with E-state index in [0.29, 0.717) is 5.02 Å². The van der Waals surface area contributed by atoms with Gasteiger partial charge in [0, 0.05) is 6.20 Å². The van der Waals surface area contributed by atoms with Gasteiger partial charge in [0.05, 0.1) is 17.1 Å². The van der Waals surface area contributed by atoms with Gasteiger partial charge in [-0.05, 0) is 26.8 Å². The quantitative estimate of drug-likeness (QED) is 0.773. The third-order valence-corrected chi connectivity index (χ3v) is 2.03. The largest absolute Gasteiger partial charge is 0.444 e. The van der Waals surface area contributed by atoms with Crippen molar-refractivity contribution in [3.8, 4) is 11.8 Å². The molecular weight excluding hydrogens is 268 g/mol. The molecule has 0 atom stereocenters. The molecule has 102 valence electrons. The lowest BCUT2D eigenvalue weighted by atomic mass is 10.2. The molecule has 0 aromatic carbocycles. The van der Waals surface area contributed by atoms with Gasteiger partial charge >= 0.3 is 6.09 Å². The highest BCUT2D eigenvalue weighted by Crippen LogP contribution is 2.06. The number of aromatic nitrogens is 1. The lowest BCUT2D eigenvalue weighted by Gasteiger charge is -2.18. The number of alkyl carbamates (subject to hydrolysis) is 1. The summed E-state index contributed by atoms with van der Waals surface area (Å²) in [4.78, 5) is 25.1. The molecule has 0 aliphatic carbocycles. The number of carbonyl (C=O) groups is 1. The highest BCUT2D eigenvalue weighted by Gasteiger charge is 2.14. The second-order valence-corrected chi connectivity index (χ2v) is 5.15. The Morgan fingerprint density at radius 3 is 2.84 bits per heavy atom. The molecule has 0 bridgehead atoms. The van der Waals surface area contributed by atoms with Crippen LogP contribution in [0.15, 0.2) is 17.1 Å². The number of H-pyrrole nitrogens is 1. The first-order valence-electron chi connectivity index (χ1n) is 5.62. The molecule has 0 aliphatic heterocycles. The lowest BCUT2D eigenvalue weighted by molar-refractivity contribution is 0.0535. The number of halogens is 1. The van der Waals surface area contributed by atoms with Crippen LogP contribution in [-0.4, -0.2) is 23.2 Å². The predicted octanol–water partition coefficient (Wildman–Crippen LogP) is 1.90. The molecule has 0 unspecified atom stereocenters. The van der Waals surface area contributed by atoms with Gasteiger partial charge in [-0.25, -0.2) is 4.79 Å². The van der Waals surface area contributed by atoms with Crippen molar-refractivity contribution in [3.63, 3.8) is 0 Å². The van der Waals surface area contributed by atoms with Crippen molar-refractivity contribution in [2.75, 3.05) is 6.54 Å². The van der Waals surface area contributed by atoms with E-state index in [1.54, 1.807) is 20.8 Å². The van der Waals surface area contributed by atoms with E-state index in [0.717, 1.165) is 0 Å². The summed E-state index contributed by atoms with van der Waals surface area (Å²) in [5.74, 6) is 5.27. The summed E-state index contributed by atoms with van der Waals surface area (Å²) in [6, 6.07) is 1.46. The average molecular weight is 283 g/mol. The van der Waals surface area contributed by atoms with E-state index in [4.69, 9.17) is 16.3 Å². The Labute approximate surface area is 116 Å². The van der Waals surface area contributed by atoms with Gasteiger partial charge in [-0.3, -0.25) is 4.79 Å². The summed E-state index contributed by atoms with van der Waals surface area (Å²) in [6.07, 6.45) is 0.829. The molecule has 1 amide bonds. The van der Waals surface area contributed by atoms with Crippen LogP contribution in [0.3, 0.4) is 0 Å². The van der Waals surface area contributed by atoms with E-state index in [2.05, 4.69) is 22.1 Å². The topological polar surface area (TPSA) is 71.2 Å². The molecule has 0 radical (unpaired) electrons. The number of pyridine rings is 1. The maximum Gasteiger partial charge on any atom is 0.408 e. The normalized spacial score (nSPS) is 10.3. The van der Waals surface area contributed by atoms with Gasteiger partial charge in [-0.15, -0.1) is 0 Å². The molecule has 1 aromatic heterocycles. The third kappa shape index (κ3) is 5.98. The summed E-state index contributed by atoms with van der Waals surface area (Å²) in [5.41, 5.74) is -0.630. The van der Waals surface area contributed by atoms with Crippen LogP contribution in [-0.2, 0) is 4.74 Å². The van der Waals surface area contributed by atoms with Gasteiger partial charge in [0.25, 0.3) is 5.56 Å². The molecule has 0 spiro atoms. The first-order valence-corrected chi connectivity index (χ1v) is 6.00. The molecule has 19 heavy (non-hydrogen) atoms. The van der Waals surface area contributed by atoms with E-state index < -0.39 is 11.7 Å². The number of carbonyl (C=O) groups excluding carboxylic acids is 1. The van der Waals surface area contributed by atoms with Gasteiger partial charge in [-0.1, -0.05) is 23.4 Å². The number of rotatable bonds is 1. The van der Waals surface area contributed by atoms with E-state index in [-0.39, 0.29) is 17.7 Å². The Kier molecular flexibility index (Phi) is 5.02. The van der Waals surface area contributed by atoms with Gasteiger partial charge in [0.15, 0.2) is 0 Å². The summed E-state index contributed by atoms with van der Waals surface area (Å²) < 4.78 is 5.03. The highest BCUT2D eigenvalue weighted by atomic mass is 35.5. The Hall–Kier alpha value is -1.93. The number of nitrogens with one attached hydrogen (secondary N) is 2. The summed E-state index contributed by atoms with van der Waals surface area (Å²) in [6.45, 7) is 5.39. The van der Waals surface area contributed by atoms with Gasteiger partial charge in [0.1, 0.15) is 5.60 Å². The van der Waals surface area contributed by atoms with Crippen molar-refractivity contribution in [1.82, 2.24) is 10.3 Å². The van der Waals surface area contributed by atoms with Gasteiger partial charge in [0.2, 0.25) is 0 Å². The van der Waals surface area contributed by atoms with E-state index in [9.17, 15) is 9.59 Å². The fourth-order valence-electron chi connectivity index (χ4n) is 1.12. The maximum absolute atomic E-state index is 11.4. The van der Waals surface area contributed by atoms with E-state index >= 15 is 0 Å². The van der Waals surface area contributed by atoms with E-state index in [1.165, 1.54) is 12.3 Å². The van der Waals surface area contributed by atoms with Crippen LogP contribution in [0.25, 0.3) is 0 Å². The Balaban J connectivity index is 2.55. The molecule has 0 aliphatic rings. The monoisotopic (exact) mass is 282 g/mol. The zero-order chi connectivity index (χ0) is 14.5. The van der Waals surface area contributed by atoms with Crippen molar-refractivity contribution in [3.05, 3.63) is 33.2 Å². The zero-order valence-electron chi connectivity index (χ0n) is 11.0. The van der Waals surface area contributed by atoms with Crippen LogP contribution in [0.2, 0.25) is 5.02 Å². The SMILES string of the molecule is CC(C)(C)OC(=O)NCC#Cc1cc(Cl)c[nH]c1=O. The van der Waals surface area contributed by atoms with Gasteiger partial charge in [-0.2, -0.15) is 0 Å². The zero-order valence-corrected chi connectivity index (χ0v) is 11.7. The van der Waals surface area contributed by atoms with Crippen molar-refractivity contribution in [1.29, 1.82) is 0 Å². The molecule has 1 rings (SSSR count). The molecule has 0 saturated heterocycles. The van der Waals surface area contributed by atoms with Crippen LogP contribution < -0.4 is 10.9 Å². The molecular formula is C13H15ClN2O3. The van der Waals surface area contributed by atoms with Gasteiger partial charge < -0.3 is 15.0 Å². The summed E-state index contributed by atoms with van der Waals surface area (Å²) in [7, 11) is 0. The summed E-state index contributed by atoms with van der Waals surface area (Å²) in [5, 5.41) is 2.86. The van der Waals surface area contributed by atoms with Crippen molar-refractivity contribution in [2.45, 2.75) is 26.4 Å². The molecule has 1 heterocycles. The smallest absolute Gasteiger partial charge is 0.408 e. The van der Waals surface area contributed by atoms with Crippen LogP contribution in [0.1, 0.15) is 26.3 Å². The maximum atomic E-state index is 11.4. The second-order valence-electron chi connectivity index (χ2n) is 4.72. The molecule has 5 nitrogen and oxygen atoms in total. The van der Waals surface area contributed by atoms with Crippen LogP contribution in [0, 0.1) is 11.8 Å². The number of ether oxygens (including phenoxy) is 1. The molecule has 0 saturated carbocycles. The first-order chi connectivity index (χ1) is 8.78. The van der Waals surface area contributed by atoms with Crippen molar-refractivity contribution in [2.24, 2.45) is 0 Å². The Morgan fingerprint density at radius 1 is 1.53 bits per heavy atom. The number of hydrogen-bond acceptors (Lipinski definition) is 3. The number of aromatic amines is 1. The minimum Gasteiger partial charge on any atom is -0.444 e. The molecule has 2 N–H and O–H groups in total. The second kappa shape index (κ2) is 6.30. The third-order valence-electron chi connectivity index (χ3n) is 1.81. The Morgan fingerprint density at radius 2 is 2.21 bits per heavy atom. The predicted molar refractivity (Wildman–Crippen MR) is 73.2 cm³/mol. The summed E-state index contributed by atoms with van der Waals surface area (Å²) >= 11 is 5.73. The molecule has 1 aromatic rings. The average Bonchev–Trinajstić information content (AvgIpc) is 2.26. The van der Waals surface area contributed by atoms with Crippen LogP contribution in [0.5, 0.6) is 0 Å². The van der Waals surface area contributed by atoms with Crippen molar-refractivity contribution >= 4 is 17.7 Å². The number of amides is 1. The lowest BCUT2D eigenvalue weighted by Crippen LogP contribution is -2.32. The fourth-order valence-corrected chi connectivity index (χ4v) is 1.28. The molecule has 0 fully saturated rings. The first kappa shape index (κ1) is 15.1. The van der Waals surface area contributed by atoms with E-state index in [1.807, 2.05) is 0 Å².